The van der Waals surface area contributed by atoms with Crippen molar-refractivity contribution in [2.24, 2.45) is 0 Å². The molecule has 0 aliphatic carbocycles. The Morgan fingerprint density at radius 3 is 2.47 bits per heavy atom. The van der Waals surface area contributed by atoms with Crippen LogP contribution in [0.3, 0.4) is 0 Å². The van der Waals surface area contributed by atoms with Gasteiger partial charge in [-0.1, -0.05) is 12.1 Å². The topological polar surface area (TPSA) is 24.9 Å². The van der Waals surface area contributed by atoms with E-state index in [0.717, 1.165) is 21.6 Å². The van der Waals surface area contributed by atoms with Gasteiger partial charge in [-0.25, -0.2) is 4.98 Å². The molecule has 0 unspecified atom stereocenters. The highest BCUT2D eigenvalue weighted by molar-refractivity contribution is 7.11. The minimum absolute atomic E-state index is 0.0976. The van der Waals surface area contributed by atoms with Crippen LogP contribution in [-0.2, 0) is 12.7 Å². The van der Waals surface area contributed by atoms with Gasteiger partial charge in [-0.15, -0.1) is 11.3 Å². The van der Waals surface area contributed by atoms with Crippen molar-refractivity contribution in [2.45, 2.75) is 26.6 Å². The Morgan fingerprint density at radius 1 is 1.21 bits per heavy atom. The van der Waals surface area contributed by atoms with Gasteiger partial charge >= 0.3 is 6.18 Å². The van der Waals surface area contributed by atoms with Crippen LogP contribution in [0.15, 0.2) is 24.3 Å². The van der Waals surface area contributed by atoms with Gasteiger partial charge < -0.3 is 5.32 Å². The number of para-hydroxylation sites is 1. The molecule has 0 saturated carbocycles. The summed E-state index contributed by atoms with van der Waals surface area (Å²) in [6.07, 6.45) is -4.34. The van der Waals surface area contributed by atoms with Crippen LogP contribution >= 0.6 is 11.3 Å². The zero-order valence-corrected chi connectivity index (χ0v) is 11.3. The number of aromatic nitrogens is 1. The molecule has 0 aliphatic rings. The molecule has 0 bridgehead atoms. The summed E-state index contributed by atoms with van der Waals surface area (Å²) < 4.78 is 38.4. The van der Waals surface area contributed by atoms with Crippen LogP contribution in [-0.4, -0.2) is 4.98 Å². The molecular formula is C13H13F3N2S. The van der Waals surface area contributed by atoms with Crippen molar-refractivity contribution in [1.29, 1.82) is 0 Å². The molecular weight excluding hydrogens is 273 g/mol. The Labute approximate surface area is 113 Å². The normalized spacial score (nSPS) is 11.6. The first-order valence-corrected chi connectivity index (χ1v) is 6.52. The van der Waals surface area contributed by atoms with Gasteiger partial charge in [0.2, 0.25) is 0 Å². The van der Waals surface area contributed by atoms with Crippen molar-refractivity contribution in [1.82, 2.24) is 4.98 Å². The zero-order chi connectivity index (χ0) is 14.0. The summed E-state index contributed by atoms with van der Waals surface area (Å²) in [5, 5.41) is 3.76. The van der Waals surface area contributed by atoms with Gasteiger partial charge in [0.05, 0.1) is 22.8 Å². The fourth-order valence-corrected chi connectivity index (χ4v) is 2.67. The molecule has 0 radical (unpaired) electrons. The summed E-state index contributed by atoms with van der Waals surface area (Å²) in [4.78, 5) is 5.20. The molecule has 1 aromatic heterocycles. The molecule has 2 nitrogen and oxygen atoms in total. The number of thiazole rings is 1. The van der Waals surface area contributed by atoms with E-state index in [1.54, 1.807) is 6.07 Å². The quantitative estimate of drug-likeness (QED) is 0.905. The fraction of sp³-hybridized carbons (Fsp3) is 0.308. The van der Waals surface area contributed by atoms with Crippen LogP contribution in [0.2, 0.25) is 0 Å². The van der Waals surface area contributed by atoms with Crippen LogP contribution in [0, 0.1) is 13.8 Å². The molecule has 1 N–H and O–H groups in total. The van der Waals surface area contributed by atoms with Crippen LogP contribution in [0.25, 0.3) is 0 Å². The van der Waals surface area contributed by atoms with Gasteiger partial charge in [0.25, 0.3) is 0 Å². The van der Waals surface area contributed by atoms with Gasteiger partial charge in [-0.2, -0.15) is 13.2 Å². The number of halogens is 3. The van der Waals surface area contributed by atoms with E-state index in [1.165, 1.54) is 23.5 Å². The van der Waals surface area contributed by atoms with Gasteiger partial charge in [0.1, 0.15) is 0 Å². The SMILES string of the molecule is Cc1nc(C)c(CNc2ccccc2C(F)(F)F)s1. The molecule has 0 atom stereocenters. The third-order valence-electron chi connectivity index (χ3n) is 2.67. The van der Waals surface area contributed by atoms with E-state index < -0.39 is 11.7 Å². The number of alkyl halides is 3. The molecule has 0 spiro atoms. The first-order chi connectivity index (χ1) is 8.88. The van der Waals surface area contributed by atoms with Gasteiger partial charge in [-0.3, -0.25) is 0 Å². The molecule has 0 amide bonds. The van der Waals surface area contributed by atoms with E-state index in [0.29, 0.717) is 6.54 Å². The Hall–Kier alpha value is -1.56. The van der Waals surface area contributed by atoms with E-state index in [1.807, 2.05) is 13.8 Å². The number of aryl methyl sites for hydroxylation is 2. The predicted octanol–water partition coefficient (Wildman–Crippen LogP) is 4.39. The molecule has 1 heterocycles. The largest absolute Gasteiger partial charge is 0.418 e. The molecule has 0 aliphatic heterocycles. The number of rotatable bonds is 3. The predicted molar refractivity (Wildman–Crippen MR) is 70.4 cm³/mol. The molecule has 0 saturated heterocycles. The lowest BCUT2D eigenvalue weighted by atomic mass is 10.1. The average molecular weight is 286 g/mol. The van der Waals surface area contributed by atoms with Crippen LogP contribution in [0.5, 0.6) is 0 Å². The molecule has 1 aromatic carbocycles. The second-order valence-electron chi connectivity index (χ2n) is 4.14. The highest BCUT2D eigenvalue weighted by Gasteiger charge is 2.33. The molecule has 6 heteroatoms. The van der Waals surface area contributed by atoms with Crippen molar-refractivity contribution < 1.29 is 13.2 Å². The zero-order valence-electron chi connectivity index (χ0n) is 10.5. The summed E-state index contributed by atoms with van der Waals surface area (Å²) in [6.45, 7) is 4.09. The third kappa shape index (κ3) is 3.26. The van der Waals surface area contributed by atoms with Crippen molar-refractivity contribution in [3.8, 4) is 0 Å². The highest BCUT2D eigenvalue weighted by Crippen LogP contribution is 2.34. The Morgan fingerprint density at radius 2 is 1.89 bits per heavy atom. The van der Waals surface area contributed by atoms with E-state index >= 15 is 0 Å². The lowest BCUT2D eigenvalue weighted by molar-refractivity contribution is -0.136. The standard InChI is InChI=1S/C13H13F3N2S/c1-8-12(19-9(2)18-8)7-17-11-6-4-3-5-10(11)13(14,15)16/h3-6,17H,7H2,1-2H3. The van der Waals surface area contributed by atoms with Crippen LogP contribution < -0.4 is 5.32 Å². The smallest absolute Gasteiger partial charge is 0.380 e. The third-order valence-corrected chi connectivity index (χ3v) is 3.74. The summed E-state index contributed by atoms with van der Waals surface area (Å²) in [7, 11) is 0. The number of hydrogen-bond acceptors (Lipinski definition) is 3. The summed E-state index contributed by atoms with van der Waals surface area (Å²) in [5.41, 5.74) is 0.314. The van der Waals surface area contributed by atoms with Crippen molar-refractivity contribution in [3.05, 3.63) is 45.4 Å². The number of anilines is 1. The van der Waals surface area contributed by atoms with Crippen LogP contribution in [0.4, 0.5) is 18.9 Å². The number of nitrogens with one attached hydrogen (secondary N) is 1. The fourth-order valence-electron chi connectivity index (χ4n) is 1.80. The number of hydrogen-bond donors (Lipinski definition) is 1. The van der Waals surface area contributed by atoms with E-state index in [9.17, 15) is 13.2 Å². The second kappa shape index (κ2) is 5.21. The maximum absolute atomic E-state index is 12.8. The van der Waals surface area contributed by atoms with E-state index in [2.05, 4.69) is 10.3 Å². The minimum atomic E-state index is -4.34. The van der Waals surface area contributed by atoms with E-state index in [4.69, 9.17) is 0 Å². The average Bonchev–Trinajstić information content (AvgIpc) is 2.64. The second-order valence-corrected chi connectivity index (χ2v) is 5.43. The summed E-state index contributed by atoms with van der Waals surface area (Å²) in [5.74, 6) is 0. The van der Waals surface area contributed by atoms with Crippen molar-refractivity contribution in [2.75, 3.05) is 5.32 Å². The maximum atomic E-state index is 12.8. The first kappa shape index (κ1) is 13.9. The molecule has 0 fully saturated rings. The molecule has 19 heavy (non-hydrogen) atoms. The lowest BCUT2D eigenvalue weighted by Gasteiger charge is -2.13. The molecule has 2 aromatic rings. The molecule has 2 rings (SSSR count). The lowest BCUT2D eigenvalue weighted by Crippen LogP contribution is -2.10. The van der Waals surface area contributed by atoms with Crippen molar-refractivity contribution in [3.63, 3.8) is 0 Å². The number of nitrogens with zero attached hydrogens (tertiary/aromatic N) is 1. The summed E-state index contributed by atoms with van der Waals surface area (Å²) >= 11 is 1.49. The Bertz CT molecular complexity index is 576. The molecule has 102 valence electrons. The van der Waals surface area contributed by atoms with Gasteiger partial charge in [0.15, 0.2) is 0 Å². The Kier molecular flexibility index (Phi) is 3.80. The van der Waals surface area contributed by atoms with Crippen LogP contribution in [0.1, 0.15) is 21.1 Å². The minimum Gasteiger partial charge on any atom is -0.380 e. The first-order valence-electron chi connectivity index (χ1n) is 5.71. The Balaban J connectivity index is 2.18. The van der Waals surface area contributed by atoms with Crippen molar-refractivity contribution >= 4 is 17.0 Å². The summed E-state index contributed by atoms with van der Waals surface area (Å²) in [6, 6.07) is 5.48. The van der Waals surface area contributed by atoms with Gasteiger partial charge in [0, 0.05) is 10.6 Å². The van der Waals surface area contributed by atoms with Gasteiger partial charge in [-0.05, 0) is 26.0 Å². The highest BCUT2D eigenvalue weighted by atomic mass is 32.1. The monoisotopic (exact) mass is 286 g/mol. The number of benzene rings is 1. The maximum Gasteiger partial charge on any atom is 0.418 e. The van der Waals surface area contributed by atoms with E-state index in [-0.39, 0.29) is 5.69 Å².